The van der Waals surface area contributed by atoms with Gasteiger partial charge in [-0.25, -0.2) is 0 Å². The normalized spacial score (nSPS) is 13.3. The maximum absolute atomic E-state index is 10.6. The number of methoxy groups -OCH3 is 1. The second kappa shape index (κ2) is 6.68. The summed E-state index contributed by atoms with van der Waals surface area (Å²) in [6.07, 6.45) is 1.34. The van der Waals surface area contributed by atoms with Gasteiger partial charge in [0.25, 0.3) is 0 Å². The molecule has 3 N–H and O–H groups in total. The summed E-state index contributed by atoms with van der Waals surface area (Å²) in [5.41, 5.74) is 7.92. The minimum Gasteiger partial charge on any atom is -0.481 e. The number of ether oxygens (including phenoxy) is 1. The van der Waals surface area contributed by atoms with Crippen molar-refractivity contribution in [3.05, 3.63) is 35.4 Å². The quantitative estimate of drug-likeness (QED) is 0.794. The molecule has 1 atom stereocenters. The second-order valence-electron chi connectivity index (χ2n) is 5.42. The molecule has 0 aliphatic rings. The maximum atomic E-state index is 10.6. The summed E-state index contributed by atoms with van der Waals surface area (Å²) in [5.74, 6) is -0.813. The van der Waals surface area contributed by atoms with E-state index >= 15 is 0 Å². The van der Waals surface area contributed by atoms with Crippen LogP contribution in [0.5, 0.6) is 0 Å². The fourth-order valence-electron chi connectivity index (χ4n) is 1.94. The van der Waals surface area contributed by atoms with E-state index in [4.69, 9.17) is 15.6 Å². The number of hydrogen-bond acceptors (Lipinski definition) is 3. The lowest BCUT2D eigenvalue weighted by Gasteiger charge is -2.23. The number of benzene rings is 1. The van der Waals surface area contributed by atoms with Gasteiger partial charge in [-0.1, -0.05) is 24.3 Å². The largest absolute Gasteiger partial charge is 0.481 e. The average molecular weight is 265 g/mol. The lowest BCUT2D eigenvalue weighted by atomic mass is 9.94. The van der Waals surface area contributed by atoms with Gasteiger partial charge < -0.3 is 15.6 Å². The Hall–Kier alpha value is -1.39. The van der Waals surface area contributed by atoms with E-state index in [1.807, 2.05) is 38.1 Å². The van der Waals surface area contributed by atoms with E-state index < -0.39 is 5.97 Å². The van der Waals surface area contributed by atoms with Crippen LogP contribution >= 0.6 is 0 Å². The highest BCUT2D eigenvalue weighted by Gasteiger charge is 2.17. The smallest absolute Gasteiger partial charge is 0.303 e. The number of nitrogens with two attached hydrogens (primary N) is 1. The summed E-state index contributed by atoms with van der Waals surface area (Å²) < 4.78 is 5.41. The van der Waals surface area contributed by atoms with Gasteiger partial charge in [0, 0.05) is 26.0 Å². The summed E-state index contributed by atoms with van der Waals surface area (Å²) >= 11 is 0. The van der Waals surface area contributed by atoms with Crippen molar-refractivity contribution >= 4 is 5.97 Å². The van der Waals surface area contributed by atoms with Crippen molar-refractivity contribution in [3.63, 3.8) is 0 Å². The zero-order chi connectivity index (χ0) is 14.5. The first-order valence-electron chi connectivity index (χ1n) is 6.45. The van der Waals surface area contributed by atoms with Crippen molar-refractivity contribution < 1.29 is 14.6 Å². The van der Waals surface area contributed by atoms with Gasteiger partial charge in [-0.05, 0) is 31.4 Å². The van der Waals surface area contributed by atoms with Crippen molar-refractivity contribution in [1.82, 2.24) is 0 Å². The molecule has 1 rings (SSSR count). The highest BCUT2D eigenvalue weighted by atomic mass is 16.5. The molecule has 0 aliphatic heterocycles. The predicted molar refractivity (Wildman–Crippen MR) is 75.0 cm³/mol. The van der Waals surface area contributed by atoms with Crippen molar-refractivity contribution in [3.8, 4) is 0 Å². The molecule has 0 aromatic heterocycles. The van der Waals surface area contributed by atoms with Gasteiger partial charge in [0.15, 0.2) is 0 Å². The molecule has 0 aliphatic carbocycles. The van der Waals surface area contributed by atoms with Gasteiger partial charge in [0.05, 0.1) is 5.60 Å². The number of carbonyl (C=O) groups is 1. The zero-order valence-corrected chi connectivity index (χ0v) is 11.8. The molecule has 1 aromatic carbocycles. The van der Waals surface area contributed by atoms with Crippen LogP contribution in [0.15, 0.2) is 24.3 Å². The van der Waals surface area contributed by atoms with E-state index in [9.17, 15) is 4.79 Å². The molecule has 0 saturated carbocycles. The fourth-order valence-corrected chi connectivity index (χ4v) is 1.94. The van der Waals surface area contributed by atoms with Crippen LogP contribution in [0.4, 0.5) is 0 Å². The Labute approximate surface area is 114 Å². The van der Waals surface area contributed by atoms with E-state index in [1.54, 1.807) is 7.11 Å². The summed E-state index contributed by atoms with van der Waals surface area (Å²) in [7, 11) is 1.70. The number of rotatable bonds is 7. The molecule has 0 radical (unpaired) electrons. The van der Waals surface area contributed by atoms with Crippen LogP contribution in [0.25, 0.3) is 0 Å². The minimum atomic E-state index is -0.813. The number of carboxylic acid groups (broad SMARTS) is 1. The van der Waals surface area contributed by atoms with Crippen LogP contribution in [0.2, 0.25) is 0 Å². The standard InChI is InChI=1S/C15H23NO3/c1-15(2,19-3)10-11-5-4-6-12(9-11)13(16)7-8-14(17)18/h4-6,9,13H,7-8,10,16H2,1-3H3,(H,17,18). The Morgan fingerprint density at radius 3 is 2.74 bits per heavy atom. The molecule has 0 amide bonds. The molecule has 4 heteroatoms. The number of aliphatic carboxylic acids is 1. The third-order valence-corrected chi connectivity index (χ3v) is 3.23. The zero-order valence-electron chi connectivity index (χ0n) is 11.8. The van der Waals surface area contributed by atoms with Gasteiger partial charge >= 0.3 is 5.97 Å². The Morgan fingerprint density at radius 1 is 1.47 bits per heavy atom. The summed E-state index contributed by atoms with van der Waals surface area (Å²) in [6.45, 7) is 4.06. The Kier molecular flexibility index (Phi) is 5.51. The van der Waals surface area contributed by atoms with Crippen molar-refractivity contribution in [1.29, 1.82) is 0 Å². The third kappa shape index (κ3) is 5.41. The molecule has 0 bridgehead atoms. The van der Waals surface area contributed by atoms with Crippen molar-refractivity contribution in [2.75, 3.05) is 7.11 Å². The van der Waals surface area contributed by atoms with Crippen LogP contribution in [-0.4, -0.2) is 23.8 Å². The Morgan fingerprint density at radius 2 is 2.16 bits per heavy atom. The van der Waals surface area contributed by atoms with Gasteiger partial charge in [0.2, 0.25) is 0 Å². The SMILES string of the molecule is COC(C)(C)Cc1cccc(C(N)CCC(=O)O)c1. The molecule has 1 unspecified atom stereocenters. The van der Waals surface area contributed by atoms with Crippen LogP contribution in [0.1, 0.15) is 43.9 Å². The third-order valence-electron chi connectivity index (χ3n) is 3.23. The second-order valence-corrected chi connectivity index (χ2v) is 5.42. The summed E-state index contributed by atoms with van der Waals surface area (Å²) in [6, 6.07) is 7.73. The Bertz CT molecular complexity index is 429. The van der Waals surface area contributed by atoms with Crippen LogP contribution in [-0.2, 0) is 16.0 Å². The molecule has 106 valence electrons. The molecular formula is C15H23NO3. The minimum absolute atomic E-state index is 0.0922. The van der Waals surface area contributed by atoms with Gasteiger partial charge in [-0.3, -0.25) is 4.79 Å². The number of carboxylic acids is 1. The fraction of sp³-hybridized carbons (Fsp3) is 0.533. The summed E-state index contributed by atoms with van der Waals surface area (Å²) in [4.78, 5) is 10.6. The Balaban J connectivity index is 2.73. The molecule has 19 heavy (non-hydrogen) atoms. The monoisotopic (exact) mass is 265 g/mol. The first-order chi connectivity index (χ1) is 8.84. The van der Waals surface area contributed by atoms with Crippen LogP contribution < -0.4 is 5.73 Å². The van der Waals surface area contributed by atoms with E-state index in [-0.39, 0.29) is 18.1 Å². The predicted octanol–water partition coefficient (Wildman–Crippen LogP) is 2.52. The van der Waals surface area contributed by atoms with Gasteiger partial charge in [0.1, 0.15) is 0 Å². The topological polar surface area (TPSA) is 72.5 Å². The van der Waals surface area contributed by atoms with E-state index in [1.165, 1.54) is 0 Å². The van der Waals surface area contributed by atoms with Crippen molar-refractivity contribution in [2.45, 2.75) is 44.8 Å². The highest BCUT2D eigenvalue weighted by Crippen LogP contribution is 2.21. The van der Waals surface area contributed by atoms with Crippen LogP contribution in [0.3, 0.4) is 0 Å². The number of hydrogen-bond donors (Lipinski definition) is 2. The first kappa shape index (κ1) is 15.7. The van der Waals surface area contributed by atoms with Crippen LogP contribution in [0, 0.1) is 0 Å². The summed E-state index contributed by atoms with van der Waals surface area (Å²) in [5, 5.41) is 8.68. The molecular weight excluding hydrogens is 242 g/mol. The van der Waals surface area contributed by atoms with E-state index in [2.05, 4.69) is 0 Å². The molecule has 0 fully saturated rings. The maximum Gasteiger partial charge on any atom is 0.303 e. The first-order valence-corrected chi connectivity index (χ1v) is 6.45. The lowest BCUT2D eigenvalue weighted by Crippen LogP contribution is -2.25. The molecule has 4 nitrogen and oxygen atoms in total. The molecule has 0 spiro atoms. The van der Waals surface area contributed by atoms with E-state index in [0.29, 0.717) is 6.42 Å². The lowest BCUT2D eigenvalue weighted by molar-refractivity contribution is -0.137. The average Bonchev–Trinajstić information content (AvgIpc) is 2.35. The molecule has 1 aromatic rings. The van der Waals surface area contributed by atoms with Crippen molar-refractivity contribution in [2.24, 2.45) is 5.73 Å². The molecule has 0 heterocycles. The molecule has 0 saturated heterocycles. The van der Waals surface area contributed by atoms with Gasteiger partial charge in [-0.15, -0.1) is 0 Å². The highest BCUT2D eigenvalue weighted by molar-refractivity contribution is 5.66. The van der Waals surface area contributed by atoms with Gasteiger partial charge in [-0.2, -0.15) is 0 Å². The van der Waals surface area contributed by atoms with E-state index in [0.717, 1.165) is 17.5 Å².